The van der Waals surface area contributed by atoms with Gasteiger partial charge in [-0.15, -0.1) is 0 Å². The molecule has 1 rings (SSSR count). The molecule has 0 saturated heterocycles. The van der Waals surface area contributed by atoms with Crippen molar-refractivity contribution >= 4 is 11.9 Å². The minimum absolute atomic E-state index is 0.0593. The van der Waals surface area contributed by atoms with Crippen LogP contribution in [0.15, 0.2) is 24.3 Å². The summed E-state index contributed by atoms with van der Waals surface area (Å²) in [6, 6.07) is 6.45. The van der Waals surface area contributed by atoms with Gasteiger partial charge < -0.3 is 20.1 Å². The van der Waals surface area contributed by atoms with Crippen molar-refractivity contribution in [1.82, 2.24) is 21.5 Å². The summed E-state index contributed by atoms with van der Waals surface area (Å²) in [6.07, 6.45) is 0. The lowest BCUT2D eigenvalue weighted by Crippen LogP contribution is -2.55. The Morgan fingerprint density at radius 3 is 2.36 bits per heavy atom. The Bertz CT molecular complexity index is 534. The normalized spacial score (nSPS) is 11.7. The number of carbonyl (C=O) groups is 2. The maximum atomic E-state index is 12.3. The zero-order chi connectivity index (χ0) is 18.7. The molecule has 8 nitrogen and oxygen atoms in total. The third-order valence-electron chi connectivity index (χ3n) is 3.49. The largest absolute Gasteiger partial charge is 0.497 e. The summed E-state index contributed by atoms with van der Waals surface area (Å²) in [5.41, 5.74) is 6.49. The molecule has 0 bridgehead atoms. The van der Waals surface area contributed by atoms with Gasteiger partial charge in [-0.25, -0.2) is 10.2 Å². The summed E-state index contributed by atoms with van der Waals surface area (Å²) < 4.78 is 9.96. The van der Waals surface area contributed by atoms with Gasteiger partial charge in [-0.2, -0.15) is 0 Å². The first-order valence-corrected chi connectivity index (χ1v) is 8.16. The van der Waals surface area contributed by atoms with E-state index in [1.807, 2.05) is 38.1 Å². The Morgan fingerprint density at radius 2 is 1.80 bits per heavy atom. The Hall–Kier alpha value is -2.32. The van der Waals surface area contributed by atoms with Crippen LogP contribution >= 0.6 is 0 Å². The molecule has 0 spiro atoms. The molecule has 1 atom stereocenters. The fourth-order valence-electron chi connectivity index (χ4n) is 2.05. The SMILES string of the molecule is COCCNC(=O)N[C@H](C(=O)NNCc1ccc(OC)cc1)C(C)C. The van der Waals surface area contributed by atoms with Crippen molar-refractivity contribution in [3.8, 4) is 5.75 Å². The first-order chi connectivity index (χ1) is 12.0. The van der Waals surface area contributed by atoms with Gasteiger partial charge in [0.1, 0.15) is 11.8 Å². The van der Waals surface area contributed by atoms with Gasteiger partial charge in [0.05, 0.1) is 13.7 Å². The molecule has 0 radical (unpaired) electrons. The van der Waals surface area contributed by atoms with Crippen LogP contribution < -0.4 is 26.2 Å². The number of hydrogen-bond donors (Lipinski definition) is 4. The zero-order valence-electron chi connectivity index (χ0n) is 15.2. The zero-order valence-corrected chi connectivity index (χ0v) is 15.2. The van der Waals surface area contributed by atoms with Crippen molar-refractivity contribution in [2.24, 2.45) is 5.92 Å². The summed E-state index contributed by atoms with van der Waals surface area (Å²) in [5, 5.41) is 5.29. The van der Waals surface area contributed by atoms with Gasteiger partial charge in [-0.3, -0.25) is 10.2 Å². The summed E-state index contributed by atoms with van der Waals surface area (Å²) in [7, 11) is 3.16. The summed E-state index contributed by atoms with van der Waals surface area (Å²) >= 11 is 0. The van der Waals surface area contributed by atoms with Crippen LogP contribution in [0.3, 0.4) is 0 Å². The standard InChI is InChI=1S/C17H28N4O4/c1-12(2)15(20-17(23)18-9-10-24-3)16(22)21-19-11-13-5-7-14(25-4)8-6-13/h5-8,12,15,19H,9-11H2,1-4H3,(H,21,22)(H2,18,20,23)/t15-/m0/s1. The number of carbonyl (C=O) groups excluding carboxylic acids is 2. The van der Waals surface area contributed by atoms with Gasteiger partial charge in [0.2, 0.25) is 0 Å². The lowest BCUT2D eigenvalue weighted by molar-refractivity contribution is -0.124. The molecule has 0 aliphatic heterocycles. The van der Waals surface area contributed by atoms with Crippen LogP contribution in [-0.2, 0) is 16.1 Å². The van der Waals surface area contributed by atoms with E-state index in [0.29, 0.717) is 19.7 Å². The average molecular weight is 352 g/mol. The van der Waals surface area contributed by atoms with E-state index in [9.17, 15) is 9.59 Å². The van der Waals surface area contributed by atoms with Gasteiger partial charge >= 0.3 is 6.03 Å². The molecule has 0 aliphatic carbocycles. The topological polar surface area (TPSA) is 101 Å². The van der Waals surface area contributed by atoms with Crippen LogP contribution in [-0.4, -0.2) is 45.4 Å². The van der Waals surface area contributed by atoms with Crippen LogP contribution in [0.25, 0.3) is 0 Å². The van der Waals surface area contributed by atoms with Crippen molar-refractivity contribution in [2.45, 2.75) is 26.4 Å². The molecular weight excluding hydrogens is 324 g/mol. The summed E-state index contributed by atoms with van der Waals surface area (Å²) in [6.45, 7) is 4.98. The number of ether oxygens (including phenoxy) is 2. The van der Waals surface area contributed by atoms with Gasteiger partial charge in [0, 0.05) is 20.2 Å². The number of benzene rings is 1. The molecule has 3 amide bonds. The van der Waals surface area contributed by atoms with E-state index in [1.54, 1.807) is 14.2 Å². The Labute approximate surface area is 148 Å². The second kappa shape index (κ2) is 11.3. The lowest BCUT2D eigenvalue weighted by atomic mass is 10.0. The minimum atomic E-state index is -0.647. The van der Waals surface area contributed by atoms with Crippen molar-refractivity contribution < 1.29 is 19.1 Å². The van der Waals surface area contributed by atoms with Crippen LogP contribution in [0, 0.1) is 5.92 Å². The van der Waals surface area contributed by atoms with E-state index >= 15 is 0 Å². The highest BCUT2D eigenvalue weighted by Gasteiger charge is 2.23. The highest BCUT2D eigenvalue weighted by Crippen LogP contribution is 2.10. The minimum Gasteiger partial charge on any atom is -0.497 e. The highest BCUT2D eigenvalue weighted by molar-refractivity contribution is 5.86. The fraction of sp³-hybridized carbons (Fsp3) is 0.529. The van der Waals surface area contributed by atoms with Gasteiger partial charge in [-0.1, -0.05) is 26.0 Å². The van der Waals surface area contributed by atoms with E-state index < -0.39 is 12.1 Å². The number of methoxy groups -OCH3 is 2. The maximum absolute atomic E-state index is 12.3. The van der Waals surface area contributed by atoms with Crippen LogP contribution in [0.1, 0.15) is 19.4 Å². The molecule has 8 heteroatoms. The molecule has 0 fully saturated rings. The first kappa shape index (κ1) is 20.7. The predicted molar refractivity (Wildman–Crippen MR) is 95.0 cm³/mol. The number of hydrogen-bond acceptors (Lipinski definition) is 5. The molecule has 25 heavy (non-hydrogen) atoms. The Morgan fingerprint density at radius 1 is 1.12 bits per heavy atom. The van der Waals surface area contributed by atoms with E-state index in [-0.39, 0.29) is 11.8 Å². The molecule has 0 aromatic heterocycles. The van der Waals surface area contributed by atoms with Crippen molar-refractivity contribution in [2.75, 3.05) is 27.4 Å². The molecule has 0 unspecified atom stereocenters. The smallest absolute Gasteiger partial charge is 0.315 e. The quantitative estimate of drug-likeness (QED) is 0.368. The molecule has 4 N–H and O–H groups in total. The molecular formula is C17H28N4O4. The van der Waals surface area contributed by atoms with Gasteiger partial charge in [0.25, 0.3) is 5.91 Å². The monoisotopic (exact) mass is 352 g/mol. The highest BCUT2D eigenvalue weighted by atomic mass is 16.5. The number of urea groups is 1. The molecule has 140 valence electrons. The van der Waals surface area contributed by atoms with Gasteiger partial charge in [0.15, 0.2) is 0 Å². The first-order valence-electron chi connectivity index (χ1n) is 8.16. The fourth-order valence-corrected chi connectivity index (χ4v) is 2.05. The molecule has 0 saturated carbocycles. The number of rotatable bonds is 10. The molecule has 1 aromatic rings. The number of nitrogens with one attached hydrogen (secondary N) is 4. The maximum Gasteiger partial charge on any atom is 0.315 e. The lowest BCUT2D eigenvalue weighted by Gasteiger charge is -2.22. The van der Waals surface area contributed by atoms with Crippen LogP contribution in [0.4, 0.5) is 4.79 Å². The van der Waals surface area contributed by atoms with E-state index in [0.717, 1.165) is 11.3 Å². The number of hydrazine groups is 1. The van der Waals surface area contributed by atoms with E-state index in [1.165, 1.54) is 0 Å². The number of amides is 3. The van der Waals surface area contributed by atoms with Gasteiger partial charge in [-0.05, 0) is 23.6 Å². The third-order valence-corrected chi connectivity index (χ3v) is 3.49. The van der Waals surface area contributed by atoms with Crippen molar-refractivity contribution in [3.63, 3.8) is 0 Å². The third kappa shape index (κ3) is 7.86. The van der Waals surface area contributed by atoms with E-state index in [2.05, 4.69) is 21.5 Å². The Balaban J connectivity index is 2.43. The average Bonchev–Trinajstić information content (AvgIpc) is 2.60. The molecule has 0 heterocycles. The van der Waals surface area contributed by atoms with Crippen molar-refractivity contribution in [3.05, 3.63) is 29.8 Å². The second-order valence-corrected chi connectivity index (χ2v) is 5.81. The molecule has 1 aromatic carbocycles. The van der Waals surface area contributed by atoms with Crippen LogP contribution in [0.2, 0.25) is 0 Å². The predicted octanol–water partition coefficient (Wildman–Crippen LogP) is 0.786. The van der Waals surface area contributed by atoms with E-state index in [4.69, 9.17) is 9.47 Å². The summed E-state index contributed by atoms with van der Waals surface area (Å²) in [5.74, 6) is 0.415. The second-order valence-electron chi connectivity index (χ2n) is 5.81. The van der Waals surface area contributed by atoms with Crippen LogP contribution in [0.5, 0.6) is 5.75 Å². The summed E-state index contributed by atoms with van der Waals surface area (Å²) in [4.78, 5) is 24.1. The van der Waals surface area contributed by atoms with Crippen molar-refractivity contribution in [1.29, 1.82) is 0 Å². The molecule has 0 aliphatic rings. The Kier molecular flexibility index (Phi) is 9.34.